The van der Waals surface area contributed by atoms with Crippen molar-refractivity contribution in [1.82, 2.24) is 4.98 Å². The maximum absolute atomic E-state index is 5.64. The van der Waals surface area contributed by atoms with Crippen LogP contribution in [0.1, 0.15) is 5.69 Å². The van der Waals surface area contributed by atoms with Gasteiger partial charge in [0.1, 0.15) is 0 Å². The molecule has 0 spiro atoms. The van der Waals surface area contributed by atoms with E-state index in [2.05, 4.69) is 11.1 Å². The van der Waals surface area contributed by atoms with Crippen molar-refractivity contribution in [3.05, 3.63) is 29.3 Å². The summed E-state index contributed by atoms with van der Waals surface area (Å²) in [6.45, 7) is 0. The van der Waals surface area contributed by atoms with Crippen LogP contribution < -0.4 is 0 Å². The van der Waals surface area contributed by atoms with Crippen LogP contribution in [0.15, 0.2) is 23.6 Å². The number of alkyl halides is 1. The van der Waals surface area contributed by atoms with Crippen LogP contribution in [0.2, 0.25) is 0 Å². The fourth-order valence-corrected chi connectivity index (χ4v) is 1.84. The first-order chi connectivity index (χ1) is 5.40. The van der Waals surface area contributed by atoms with Crippen molar-refractivity contribution < 1.29 is 0 Å². The molecule has 0 aromatic carbocycles. The number of fused-ring (bicyclic) bond motifs is 1. The van der Waals surface area contributed by atoms with E-state index >= 15 is 0 Å². The largest absolute Gasteiger partial charge is 0.251 e. The van der Waals surface area contributed by atoms with Crippen LogP contribution in [0.5, 0.6) is 0 Å². The second kappa shape index (κ2) is 2.80. The minimum absolute atomic E-state index is 0.492. The Morgan fingerprint density at radius 3 is 3.09 bits per heavy atom. The number of halogens is 1. The second-order valence-electron chi connectivity index (χ2n) is 2.24. The van der Waals surface area contributed by atoms with Crippen molar-refractivity contribution in [3.63, 3.8) is 0 Å². The Morgan fingerprint density at radius 1 is 1.36 bits per heavy atom. The number of thiophene rings is 1. The van der Waals surface area contributed by atoms with Gasteiger partial charge in [-0.2, -0.15) is 0 Å². The first-order valence-electron chi connectivity index (χ1n) is 3.29. The maximum atomic E-state index is 5.64. The van der Waals surface area contributed by atoms with Crippen molar-refractivity contribution in [3.8, 4) is 0 Å². The van der Waals surface area contributed by atoms with Crippen molar-refractivity contribution in [2.45, 2.75) is 5.88 Å². The molecule has 1 nitrogen and oxygen atoms in total. The number of rotatable bonds is 1. The highest BCUT2D eigenvalue weighted by atomic mass is 35.5. The molecule has 0 bridgehead atoms. The Kier molecular flexibility index (Phi) is 1.80. The highest BCUT2D eigenvalue weighted by molar-refractivity contribution is 7.17. The standard InChI is InChI=1S/C8H6ClNS/c9-5-6-1-2-8-7(10-6)3-4-11-8/h1-4H,5H2. The molecule has 0 atom stereocenters. The molecule has 0 unspecified atom stereocenters. The molecular formula is C8H6ClNS. The van der Waals surface area contributed by atoms with E-state index in [1.165, 1.54) is 4.70 Å². The van der Waals surface area contributed by atoms with Gasteiger partial charge < -0.3 is 0 Å². The molecule has 0 N–H and O–H groups in total. The number of nitrogens with zero attached hydrogens (tertiary/aromatic N) is 1. The molecule has 0 aliphatic carbocycles. The lowest BCUT2D eigenvalue weighted by molar-refractivity contribution is 1.22. The molecule has 3 heteroatoms. The van der Waals surface area contributed by atoms with Crippen LogP contribution in [0.3, 0.4) is 0 Å². The summed E-state index contributed by atoms with van der Waals surface area (Å²) >= 11 is 7.34. The Bertz CT molecular complexity index is 369. The van der Waals surface area contributed by atoms with Gasteiger partial charge in [-0.3, -0.25) is 4.98 Å². The third-order valence-corrected chi connectivity index (χ3v) is 2.65. The van der Waals surface area contributed by atoms with E-state index in [0.717, 1.165) is 11.2 Å². The summed E-state index contributed by atoms with van der Waals surface area (Å²) in [5.41, 5.74) is 1.99. The van der Waals surface area contributed by atoms with Crippen LogP contribution in [0.4, 0.5) is 0 Å². The molecule has 56 valence electrons. The van der Waals surface area contributed by atoms with Crippen molar-refractivity contribution in [1.29, 1.82) is 0 Å². The Labute approximate surface area is 73.6 Å². The first kappa shape index (κ1) is 7.07. The summed E-state index contributed by atoms with van der Waals surface area (Å²) in [5, 5.41) is 2.04. The quantitative estimate of drug-likeness (QED) is 0.620. The molecule has 2 aromatic rings. The highest BCUT2D eigenvalue weighted by Crippen LogP contribution is 2.18. The third-order valence-electron chi connectivity index (χ3n) is 1.50. The molecule has 0 saturated heterocycles. The lowest BCUT2D eigenvalue weighted by Crippen LogP contribution is -1.82. The van der Waals surface area contributed by atoms with Gasteiger partial charge in [0, 0.05) is 0 Å². The molecule has 0 amide bonds. The van der Waals surface area contributed by atoms with Crippen LogP contribution in [-0.2, 0) is 5.88 Å². The van der Waals surface area contributed by atoms with Crippen LogP contribution >= 0.6 is 22.9 Å². The normalized spacial score (nSPS) is 10.6. The molecule has 2 rings (SSSR count). The Morgan fingerprint density at radius 2 is 2.27 bits per heavy atom. The number of pyridine rings is 1. The molecule has 2 heterocycles. The van der Waals surface area contributed by atoms with E-state index in [0.29, 0.717) is 5.88 Å². The van der Waals surface area contributed by atoms with Crippen molar-refractivity contribution >= 4 is 33.2 Å². The molecule has 2 aromatic heterocycles. The number of hydrogen-bond acceptors (Lipinski definition) is 2. The molecule has 0 aliphatic heterocycles. The summed E-state index contributed by atoms with van der Waals surface area (Å²) in [4.78, 5) is 4.33. The number of hydrogen-bond donors (Lipinski definition) is 0. The third kappa shape index (κ3) is 1.24. The average Bonchev–Trinajstić information content (AvgIpc) is 2.50. The molecule has 0 radical (unpaired) electrons. The molecule has 0 fully saturated rings. The van der Waals surface area contributed by atoms with Gasteiger partial charge in [-0.25, -0.2) is 0 Å². The minimum atomic E-state index is 0.492. The zero-order valence-corrected chi connectivity index (χ0v) is 7.32. The lowest BCUT2D eigenvalue weighted by atomic mass is 10.3. The molecule has 11 heavy (non-hydrogen) atoms. The monoisotopic (exact) mass is 183 g/mol. The van der Waals surface area contributed by atoms with Gasteiger partial charge in [-0.05, 0) is 23.6 Å². The summed E-state index contributed by atoms with van der Waals surface area (Å²) in [7, 11) is 0. The Hall–Kier alpha value is -0.600. The molecule has 0 aliphatic rings. The molecular weight excluding hydrogens is 178 g/mol. The Balaban J connectivity index is 2.67. The van der Waals surface area contributed by atoms with Crippen LogP contribution in [0.25, 0.3) is 10.2 Å². The zero-order chi connectivity index (χ0) is 7.68. The van der Waals surface area contributed by atoms with E-state index in [1.54, 1.807) is 11.3 Å². The van der Waals surface area contributed by atoms with E-state index in [-0.39, 0.29) is 0 Å². The van der Waals surface area contributed by atoms with Gasteiger partial charge in [-0.15, -0.1) is 22.9 Å². The van der Waals surface area contributed by atoms with Gasteiger partial charge in [0.05, 0.1) is 21.8 Å². The smallest absolute Gasteiger partial charge is 0.0813 e. The fourth-order valence-electron chi connectivity index (χ4n) is 0.970. The predicted molar refractivity (Wildman–Crippen MR) is 49.2 cm³/mol. The second-order valence-corrected chi connectivity index (χ2v) is 3.46. The van der Waals surface area contributed by atoms with Gasteiger partial charge in [0.25, 0.3) is 0 Å². The van der Waals surface area contributed by atoms with Gasteiger partial charge in [0.15, 0.2) is 0 Å². The van der Waals surface area contributed by atoms with E-state index in [9.17, 15) is 0 Å². The summed E-state index contributed by atoms with van der Waals surface area (Å²) in [5.74, 6) is 0.492. The zero-order valence-electron chi connectivity index (χ0n) is 5.75. The van der Waals surface area contributed by atoms with Crippen molar-refractivity contribution in [2.24, 2.45) is 0 Å². The first-order valence-corrected chi connectivity index (χ1v) is 4.70. The van der Waals surface area contributed by atoms with Gasteiger partial charge >= 0.3 is 0 Å². The van der Waals surface area contributed by atoms with Gasteiger partial charge in [-0.1, -0.05) is 0 Å². The summed E-state index contributed by atoms with van der Waals surface area (Å²) in [6.07, 6.45) is 0. The van der Waals surface area contributed by atoms with E-state index < -0.39 is 0 Å². The fraction of sp³-hybridized carbons (Fsp3) is 0.125. The van der Waals surface area contributed by atoms with E-state index in [4.69, 9.17) is 11.6 Å². The lowest BCUT2D eigenvalue weighted by Gasteiger charge is -1.92. The van der Waals surface area contributed by atoms with Crippen molar-refractivity contribution in [2.75, 3.05) is 0 Å². The number of aromatic nitrogens is 1. The topological polar surface area (TPSA) is 12.9 Å². The van der Waals surface area contributed by atoms with Crippen LogP contribution in [0, 0.1) is 0 Å². The SMILES string of the molecule is ClCc1ccc2sccc2n1. The summed E-state index contributed by atoms with van der Waals surface area (Å²) < 4.78 is 1.22. The predicted octanol–water partition coefficient (Wildman–Crippen LogP) is 3.04. The minimum Gasteiger partial charge on any atom is -0.251 e. The highest BCUT2D eigenvalue weighted by Gasteiger charge is 1.96. The van der Waals surface area contributed by atoms with Crippen LogP contribution in [-0.4, -0.2) is 4.98 Å². The van der Waals surface area contributed by atoms with E-state index in [1.807, 2.05) is 17.5 Å². The molecule has 0 saturated carbocycles. The van der Waals surface area contributed by atoms with Gasteiger partial charge in [0.2, 0.25) is 0 Å². The maximum Gasteiger partial charge on any atom is 0.0813 e. The average molecular weight is 184 g/mol. The summed E-state index contributed by atoms with van der Waals surface area (Å²) in [6, 6.07) is 6.03.